The molecule has 5 heteroatoms. The molecule has 0 saturated carbocycles. The number of hydrogen-bond donors (Lipinski definition) is 1. The molecule has 0 saturated heterocycles. The number of H-pyrrole nitrogens is 1. The van der Waals surface area contributed by atoms with Crippen molar-refractivity contribution in [2.45, 2.75) is 18.4 Å². The Morgan fingerprint density at radius 1 is 1.05 bits per heavy atom. The minimum absolute atomic E-state index is 0.731. The molecule has 2 aromatic heterocycles. The summed E-state index contributed by atoms with van der Waals surface area (Å²) < 4.78 is 0. The molecule has 0 amide bonds. The highest BCUT2D eigenvalue weighted by atomic mass is 35.5. The Labute approximate surface area is 139 Å². The molecular formula is C17H16ClN3S. The standard InChI is InChI=1S/C17H16ClN3S/c1-2-11-22-17-15(12-7-9-19-10-8-12)16(20-21-17)13-3-5-14(18)6-4-13/h3-10H,2,11H2,1H3,(H,20,21). The van der Waals surface area contributed by atoms with Gasteiger partial charge >= 0.3 is 0 Å². The molecule has 0 unspecified atom stereocenters. The van der Waals surface area contributed by atoms with Crippen LogP contribution in [0.15, 0.2) is 53.8 Å². The lowest BCUT2D eigenvalue weighted by molar-refractivity contribution is 1.00. The molecule has 2 heterocycles. The van der Waals surface area contributed by atoms with Crippen molar-refractivity contribution >= 4 is 23.4 Å². The molecule has 0 spiro atoms. The molecule has 22 heavy (non-hydrogen) atoms. The molecule has 0 radical (unpaired) electrons. The van der Waals surface area contributed by atoms with Crippen molar-refractivity contribution in [1.29, 1.82) is 0 Å². The van der Waals surface area contributed by atoms with Crippen molar-refractivity contribution in [3.63, 3.8) is 0 Å². The van der Waals surface area contributed by atoms with E-state index >= 15 is 0 Å². The van der Waals surface area contributed by atoms with Crippen LogP contribution in [0.4, 0.5) is 0 Å². The van der Waals surface area contributed by atoms with Gasteiger partial charge in [-0.2, -0.15) is 5.10 Å². The van der Waals surface area contributed by atoms with Gasteiger partial charge in [0.1, 0.15) is 5.03 Å². The van der Waals surface area contributed by atoms with Crippen LogP contribution >= 0.6 is 23.4 Å². The van der Waals surface area contributed by atoms with Crippen molar-refractivity contribution in [3.05, 3.63) is 53.8 Å². The largest absolute Gasteiger partial charge is 0.276 e. The van der Waals surface area contributed by atoms with Gasteiger partial charge in [-0.05, 0) is 42.0 Å². The molecular weight excluding hydrogens is 314 g/mol. The molecule has 0 aliphatic heterocycles. The normalized spacial score (nSPS) is 10.8. The first-order valence-corrected chi connectivity index (χ1v) is 8.53. The quantitative estimate of drug-likeness (QED) is 0.646. The number of hydrogen-bond acceptors (Lipinski definition) is 3. The summed E-state index contributed by atoms with van der Waals surface area (Å²) in [5.74, 6) is 1.04. The zero-order valence-corrected chi connectivity index (χ0v) is 13.8. The maximum Gasteiger partial charge on any atom is 0.126 e. The fourth-order valence-corrected chi connectivity index (χ4v) is 3.24. The lowest BCUT2D eigenvalue weighted by Gasteiger charge is -2.06. The molecule has 1 aromatic carbocycles. The molecule has 0 bridgehead atoms. The van der Waals surface area contributed by atoms with E-state index in [2.05, 4.69) is 22.1 Å². The van der Waals surface area contributed by atoms with Gasteiger partial charge in [0, 0.05) is 28.5 Å². The zero-order chi connectivity index (χ0) is 15.4. The van der Waals surface area contributed by atoms with Gasteiger partial charge in [-0.1, -0.05) is 30.7 Å². The number of benzene rings is 1. The van der Waals surface area contributed by atoms with Gasteiger partial charge < -0.3 is 0 Å². The average Bonchev–Trinajstić information content (AvgIpc) is 2.98. The first-order chi connectivity index (χ1) is 10.8. The highest BCUT2D eigenvalue weighted by Gasteiger charge is 2.16. The van der Waals surface area contributed by atoms with Gasteiger partial charge in [-0.3, -0.25) is 10.1 Å². The van der Waals surface area contributed by atoms with Crippen molar-refractivity contribution in [2.75, 3.05) is 5.75 Å². The minimum Gasteiger partial charge on any atom is -0.276 e. The number of halogens is 1. The minimum atomic E-state index is 0.731. The van der Waals surface area contributed by atoms with E-state index in [1.54, 1.807) is 11.8 Å². The summed E-state index contributed by atoms with van der Waals surface area (Å²) in [5, 5.41) is 9.45. The number of nitrogens with one attached hydrogen (secondary N) is 1. The van der Waals surface area contributed by atoms with Crippen LogP contribution in [0.1, 0.15) is 13.3 Å². The van der Waals surface area contributed by atoms with Crippen LogP contribution in [0.3, 0.4) is 0 Å². The molecule has 0 aliphatic carbocycles. The SMILES string of the molecule is CCCSc1n[nH]c(-c2ccc(Cl)cc2)c1-c1ccncc1. The third-order valence-electron chi connectivity index (χ3n) is 3.28. The Bertz CT molecular complexity index is 738. The maximum absolute atomic E-state index is 5.99. The van der Waals surface area contributed by atoms with Crippen LogP contribution < -0.4 is 0 Å². The van der Waals surface area contributed by atoms with Crippen molar-refractivity contribution in [3.8, 4) is 22.4 Å². The summed E-state index contributed by atoms with van der Waals surface area (Å²) in [7, 11) is 0. The van der Waals surface area contributed by atoms with Crippen molar-refractivity contribution in [2.24, 2.45) is 0 Å². The molecule has 1 N–H and O–H groups in total. The summed E-state index contributed by atoms with van der Waals surface area (Å²) in [6.45, 7) is 2.17. The van der Waals surface area contributed by atoms with E-state index in [1.807, 2.05) is 48.8 Å². The van der Waals surface area contributed by atoms with E-state index in [4.69, 9.17) is 11.6 Å². The van der Waals surface area contributed by atoms with Gasteiger partial charge in [-0.25, -0.2) is 0 Å². The van der Waals surface area contributed by atoms with E-state index in [0.717, 1.165) is 44.6 Å². The number of pyridine rings is 1. The summed E-state index contributed by atoms with van der Waals surface area (Å²) in [5.41, 5.74) is 4.34. The van der Waals surface area contributed by atoms with Crippen molar-refractivity contribution in [1.82, 2.24) is 15.2 Å². The van der Waals surface area contributed by atoms with Gasteiger partial charge in [0.05, 0.1) is 5.69 Å². The van der Waals surface area contributed by atoms with E-state index < -0.39 is 0 Å². The lowest BCUT2D eigenvalue weighted by Crippen LogP contribution is -1.85. The van der Waals surface area contributed by atoms with E-state index in [-0.39, 0.29) is 0 Å². The Hall–Kier alpha value is -1.78. The Morgan fingerprint density at radius 3 is 2.45 bits per heavy atom. The average molecular weight is 330 g/mol. The highest BCUT2D eigenvalue weighted by molar-refractivity contribution is 7.99. The summed E-state index contributed by atoms with van der Waals surface area (Å²) in [4.78, 5) is 4.11. The second-order valence-electron chi connectivity index (χ2n) is 4.87. The molecule has 3 nitrogen and oxygen atoms in total. The van der Waals surface area contributed by atoms with Crippen LogP contribution in [-0.2, 0) is 0 Å². The Kier molecular flexibility index (Phi) is 4.80. The highest BCUT2D eigenvalue weighted by Crippen LogP contribution is 2.38. The first kappa shape index (κ1) is 15.1. The number of rotatable bonds is 5. The summed E-state index contributed by atoms with van der Waals surface area (Å²) in [6, 6.07) is 11.8. The van der Waals surface area contributed by atoms with Crippen LogP contribution in [0.25, 0.3) is 22.4 Å². The summed E-state index contributed by atoms with van der Waals surface area (Å²) >= 11 is 7.76. The number of nitrogens with zero attached hydrogens (tertiary/aromatic N) is 2. The van der Waals surface area contributed by atoms with Gasteiger partial charge in [0.15, 0.2) is 0 Å². The van der Waals surface area contributed by atoms with Crippen LogP contribution in [-0.4, -0.2) is 20.9 Å². The second-order valence-corrected chi connectivity index (χ2v) is 6.39. The molecule has 112 valence electrons. The first-order valence-electron chi connectivity index (χ1n) is 7.17. The Balaban J connectivity index is 2.10. The number of aromatic amines is 1. The fourth-order valence-electron chi connectivity index (χ4n) is 2.24. The van der Waals surface area contributed by atoms with E-state index in [0.29, 0.717) is 0 Å². The third-order valence-corrected chi connectivity index (χ3v) is 4.71. The number of thioether (sulfide) groups is 1. The zero-order valence-electron chi connectivity index (χ0n) is 12.2. The second kappa shape index (κ2) is 6.99. The maximum atomic E-state index is 5.99. The topological polar surface area (TPSA) is 41.6 Å². The predicted octanol–water partition coefficient (Wildman–Crippen LogP) is 5.29. The molecule has 0 fully saturated rings. The Morgan fingerprint density at radius 2 is 1.77 bits per heavy atom. The van der Waals surface area contributed by atoms with E-state index in [9.17, 15) is 0 Å². The van der Waals surface area contributed by atoms with Crippen LogP contribution in [0.2, 0.25) is 5.02 Å². The molecule has 0 aliphatic rings. The number of aromatic nitrogens is 3. The van der Waals surface area contributed by atoms with Crippen molar-refractivity contribution < 1.29 is 0 Å². The van der Waals surface area contributed by atoms with E-state index in [1.165, 1.54) is 0 Å². The predicted molar refractivity (Wildman–Crippen MR) is 93.3 cm³/mol. The van der Waals surface area contributed by atoms with Crippen LogP contribution in [0.5, 0.6) is 0 Å². The van der Waals surface area contributed by atoms with Crippen LogP contribution in [0, 0.1) is 0 Å². The molecule has 3 rings (SSSR count). The lowest BCUT2D eigenvalue weighted by atomic mass is 10.0. The smallest absolute Gasteiger partial charge is 0.126 e. The molecule has 0 atom stereocenters. The molecule has 3 aromatic rings. The monoisotopic (exact) mass is 329 g/mol. The van der Waals surface area contributed by atoms with Gasteiger partial charge in [-0.15, -0.1) is 11.8 Å². The summed E-state index contributed by atoms with van der Waals surface area (Å²) in [6.07, 6.45) is 4.73. The van der Waals surface area contributed by atoms with Gasteiger partial charge in [0.25, 0.3) is 0 Å². The third kappa shape index (κ3) is 3.18. The fraction of sp³-hybridized carbons (Fsp3) is 0.176. The van der Waals surface area contributed by atoms with Gasteiger partial charge in [0.2, 0.25) is 0 Å².